The lowest BCUT2D eigenvalue weighted by atomic mass is 10.4. The molecule has 5 heteroatoms. The van der Waals surface area contributed by atoms with Crippen LogP contribution in [0.25, 0.3) is 0 Å². The minimum atomic E-state index is 0.834. The van der Waals surface area contributed by atoms with Gasteiger partial charge in [0, 0.05) is 34.7 Å². The van der Waals surface area contributed by atoms with Crippen LogP contribution in [0.5, 0.6) is 0 Å². The van der Waals surface area contributed by atoms with Crippen molar-refractivity contribution < 1.29 is 0 Å². The number of aromatic nitrogens is 1. The minimum absolute atomic E-state index is 0.834. The van der Waals surface area contributed by atoms with E-state index < -0.39 is 0 Å². The summed E-state index contributed by atoms with van der Waals surface area (Å²) in [5.41, 5.74) is 6.67. The number of nitrogens with one attached hydrogen (secondary N) is 1. The maximum atomic E-state index is 5.78. The van der Waals surface area contributed by atoms with Crippen molar-refractivity contribution in [1.82, 2.24) is 10.3 Å². The number of anilines is 1. The van der Waals surface area contributed by atoms with Gasteiger partial charge in [-0.25, -0.2) is 4.98 Å². The maximum Gasteiger partial charge on any atom is 0.0897 e. The van der Waals surface area contributed by atoms with Crippen molar-refractivity contribution in [3.8, 4) is 0 Å². The zero-order valence-electron chi connectivity index (χ0n) is 8.49. The number of nitrogen functional groups attached to an aromatic ring is 1. The van der Waals surface area contributed by atoms with Gasteiger partial charge in [0.2, 0.25) is 0 Å². The highest BCUT2D eigenvalue weighted by Crippen LogP contribution is 2.18. The first-order chi connectivity index (χ1) is 7.25. The van der Waals surface area contributed by atoms with Crippen molar-refractivity contribution in [2.24, 2.45) is 0 Å². The molecule has 3 N–H and O–H groups in total. The Labute approximate surface area is 97.0 Å². The van der Waals surface area contributed by atoms with Crippen LogP contribution >= 0.6 is 22.7 Å². The fourth-order valence-electron chi connectivity index (χ4n) is 1.28. The predicted molar refractivity (Wildman–Crippen MR) is 66.1 cm³/mol. The number of thiazole rings is 1. The predicted octanol–water partition coefficient (Wildman–Crippen LogP) is 2.39. The van der Waals surface area contributed by atoms with Gasteiger partial charge >= 0.3 is 0 Å². The van der Waals surface area contributed by atoms with Crippen LogP contribution in [0.3, 0.4) is 0 Å². The summed E-state index contributed by atoms with van der Waals surface area (Å²) < 4.78 is 0. The van der Waals surface area contributed by atoms with Crippen LogP contribution in [-0.4, -0.2) is 4.98 Å². The van der Waals surface area contributed by atoms with Gasteiger partial charge in [0.1, 0.15) is 0 Å². The van der Waals surface area contributed by atoms with E-state index in [-0.39, 0.29) is 0 Å². The lowest BCUT2D eigenvalue weighted by Gasteiger charge is -2.01. The first kappa shape index (κ1) is 10.6. The van der Waals surface area contributed by atoms with Gasteiger partial charge in [-0.1, -0.05) is 0 Å². The lowest BCUT2D eigenvalue weighted by molar-refractivity contribution is 0.709. The van der Waals surface area contributed by atoms with Crippen molar-refractivity contribution in [3.05, 3.63) is 32.4 Å². The second-order valence-corrected chi connectivity index (χ2v) is 5.57. The summed E-state index contributed by atoms with van der Waals surface area (Å²) in [5.74, 6) is 0. The van der Waals surface area contributed by atoms with E-state index in [1.165, 1.54) is 9.75 Å². The number of hydrogen-bond donors (Lipinski definition) is 2. The molecule has 2 aromatic rings. The molecule has 0 unspecified atom stereocenters. The molecule has 3 nitrogen and oxygen atoms in total. The molecule has 2 aromatic heterocycles. The van der Waals surface area contributed by atoms with E-state index in [9.17, 15) is 0 Å². The average Bonchev–Trinajstić information content (AvgIpc) is 2.77. The van der Waals surface area contributed by atoms with Crippen molar-refractivity contribution in [2.45, 2.75) is 20.0 Å². The molecule has 0 radical (unpaired) electrons. The van der Waals surface area contributed by atoms with Gasteiger partial charge in [0.15, 0.2) is 0 Å². The molecule has 0 amide bonds. The Hall–Kier alpha value is -0.910. The van der Waals surface area contributed by atoms with Crippen LogP contribution in [-0.2, 0) is 13.1 Å². The van der Waals surface area contributed by atoms with E-state index in [0.29, 0.717) is 0 Å². The first-order valence-electron chi connectivity index (χ1n) is 4.69. The Morgan fingerprint density at radius 1 is 1.47 bits per heavy atom. The monoisotopic (exact) mass is 239 g/mol. The molecule has 0 fully saturated rings. The second kappa shape index (κ2) is 4.74. The van der Waals surface area contributed by atoms with Crippen LogP contribution < -0.4 is 11.1 Å². The molecular weight excluding hydrogens is 226 g/mol. The molecule has 2 rings (SSSR count). The Morgan fingerprint density at radius 2 is 2.33 bits per heavy atom. The Morgan fingerprint density at radius 3 is 2.93 bits per heavy atom. The van der Waals surface area contributed by atoms with Crippen molar-refractivity contribution >= 4 is 28.4 Å². The van der Waals surface area contributed by atoms with Crippen LogP contribution in [0.1, 0.15) is 14.8 Å². The number of nitrogens with zero attached hydrogens (tertiary/aromatic N) is 1. The molecule has 0 saturated carbocycles. The molecule has 0 saturated heterocycles. The zero-order chi connectivity index (χ0) is 10.7. The highest BCUT2D eigenvalue weighted by atomic mass is 32.1. The van der Waals surface area contributed by atoms with Gasteiger partial charge < -0.3 is 11.1 Å². The smallest absolute Gasteiger partial charge is 0.0897 e. The zero-order valence-corrected chi connectivity index (χ0v) is 10.1. The van der Waals surface area contributed by atoms with Crippen molar-refractivity contribution in [3.63, 3.8) is 0 Å². The molecule has 0 aliphatic rings. The van der Waals surface area contributed by atoms with Gasteiger partial charge in [0.25, 0.3) is 0 Å². The van der Waals surface area contributed by atoms with Crippen LogP contribution in [0, 0.1) is 6.92 Å². The maximum absolute atomic E-state index is 5.78. The third-order valence-corrected chi connectivity index (χ3v) is 3.88. The summed E-state index contributed by atoms with van der Waals surface area (Å²) in [6.45, 7) is 3.72. The standard InChI is InChI=1S/C10H13N3S2/c1-7-13-5-8(15-7)4-12-6-10-9(11)2-3-14-10/h2-3,5,12H,4,6,11H2,1H3. The normalized spacial score (nSPS) is 10.7. The molecule has 80 valence electrons. The van der Waals surface area contributed by atoms with E-state index in [0.717, 1.165) is 23.8 Å². The molecule has 15 heavy (non-hydrogen) atoms. The van der Waals surface area contributed by atoms with E-state index in [1.807, 2.05) is 24.6 Å². The third kappa shape index (κ3) is 2.77. The van der Waals surface area contributed by atoms with Gasteiger partial charge in [-0.15, -0.1) is 22.7 Å². The number of thiophene rings is 1. The van der Waals surface area contributed by atoms with E-state index in [2.05, 4.69) is 10.3 Å². The molecule has 0 aliphatic heterocycles. The van der Waals surface area contributed by atoms with E-state index in [1.54, 1.807) is 22.7 Å². The Bertz CT molecular complexity index is 433. The van der Waals surface area contributed by atoms with Gasteiger partial charge in [-0.05, 0) is 18.4 Å². The second-order valence-electron chi connectivity index (χ2n) is 3.25. The molecule has 0 aliphatic carbocycles. The highest BCUT2D eigenvalue weighted by molar-refractivity contribution is 7.11. The summed E-state index contributed by atoms with van der Waals surface area (Å²) in [6, 6.07) is 1.94. The van der Waals surface area contributed by atoms with Crippen molar-refractivity contribution in [1.29, 1.82) is 0 Å². The van der Waals surface area contributed by atoms with Gasteiger partial charge in [-0.2, -0.15) is 0 Å². The van der Waals surface area contributed by atoms with Gasteiger partial charge in [0.05, 0.1) is 5.01 Å². The minimum Gasteiger partial charge on any atom is -0.398 e. The van der Waals surface area contributed by atoms with E-state index >= 15 is 0 Å². The Kier molecular flexibility index (Phi) is 3.35. The summed E-state index contributed by atoms with van der Waals surface area (Å²) in [4.78, 5) is 6.68. The number of nitrogens with two attached hydrogens (primary N) is 1. The van der Waals surface area contributed by atoms with E-state index in [4.69, 9.17) is 5.73 Å². The van der Waals surface area contributed by atoms with Crippen molar-refractivity contribution in [2.75, 3.05) is 5.73 Å². The van der Waals surface area contributed by atoms with Crippen LogP contribution in [0.15, 0.2) is 17.6 Å². The molecule has 0 spiro atoms. The molecule has 0 aromatic carbocycles. The first-order valence-corrected chi connectivity index (χ1v) is 6.39. The fraction of sp³-hybridized carbons (Fsp3) is 0.300. The quantitative estimate of drug-likeness (QED) is 0.861. The SMILES string of the molecule is Cc1ncc(CNCc2sccc2N)s1. The third-order valence-electron chi connectivity index (χ3n) is 2.03. The summed E-state index contributed by atoms with van der Waals surface area (Å²) in [6.07, 6.45) is 1.92. The average molecular weight is 239 g/mol. The number of hydrogen-bond acceptors (Lipinski definition) is 5. The topological polar surface area (TPSA) is 50.9 Å². The number of rotatable bonds is 4. The highest BCUT2D eigenvalue weighted by Gasteiger charge is 2.01. The Balaban J connectivity index is 1.83. The molecular formula is C10H13N3S2. The fourth-order valence-corrected chi connectivity index (χ4v) is 2.81. The summed E-state index contributed by atoms with van der Waals surface area (Å²) >= 11 is 3.42. The molecule has 0 bridgehead atoms. The molecule has 2 heterocycles. The summed E-state index contributed by atoms with van der Waals surface area (Å²) in [5, 5.41) is 6.49. The lowest BCUT2D eigenvalue weighted by Crippen LogP contribution is -2.11. The summed E-state index contributed by atoms with van der Waals surface area (Å²) in [7, 11) is 0. The molecule has 0 atom stereocenters. The van der Waals surface area contributed by atoms with Gasteiger partial charge in [-0.3, -0.25) is 0 Å². The largest absolute Gasteiger partial charge is 0.398 e. The number of aryl methyl sites for hydroxylation is 1. The van der Waals surface area contributed by atoms with Crippen LogP contribution in [0.4, 0.5) is 5.69 Å². The van der Waals surface area contributed by atoms with Crippen LogP contribution in [0.2, 0.25) is 0 Å².